The van der Waals surface area contributed by atoms with Crippen molar-refractivity contribution >= 4 is 11.8 Å². The number of pyridine rings is 1. The third-order valence-electron chi connectivity index (χ3n) is 3.09. The van der Waals surface area contributed by atoms with Crippen LogP contribution < -0.4 is 16.0 Å². The first kappa shape index (κ1) is 13.6. The van der Waals surface area contributed by atoms with Gasteiger partial charge in [-0.05, 0) is 18.6 Å². The van der Waals surface area contributed by atoms with Gasteiger partial charge in [-0.1, -0.05) is 6.07 Å². The largest absolute Gasteiger partial charge is 0.375 e. The first-order chi connectivity index (χ1) is 9.19. The summed E-state index contributed by atoms with van der Waals surface area (Å²) < 4.78 is 5.52. The minimum atomic E-state index is 0.262. The number of ether oxygens (including phenoxy) is 1. The average Bonchev–Trinajstić information content (AvgIpc) is 2.45. The van der Waals surface area contributed by atoms with Gasteiger partial charge in [-0.15, -0.1) is 0 Å². The molecule has 1 unspecified atom stereocenters. The van der Waals surface area contributed by atoms with E-state index in [0.717, 1.165) is 31.1 Å². The van der Waals surface area contributed by atoms with Crippen molar-refractivity contribution in [2.24, 2.45) is 10.7 Å². The third kappa shape index (κ3) is 3.82. The molecule has 3 N–H and O–H groups in total. The molecular formula is C13H21N5O. The van der Waals surface area contributed by atoms with Crippen LogP contribution in [0.15, 0.2) is 23.3 Å². The highest BCUT2D eigenvalue weighted by atomic mass is 16.5. The molecule has 1 aliphatic heterocycles. The summed E-state index contributed by atoms with van der Waals surface area (Å²) in [6.07, 6.45) is 2.13. The molecular weight excluding hydrogens is 242 g/mol. The molecule has 0 amide bonds. The van der Waals surface area contributed by atoms with Crippen molar-refractivity contribution in [1.82, 2.24) is 10.3 Å². The summed E-state index contributed by atoms with van der Waals surface area (Å²) in [7, 11) is 1.66. The lowest BCUT2D eigenvalue weighted by atomic mass is 10.2. The highest BCUT2D eigenvalue weighted by Crippen LogP contribution is 2.15. The monoisotopic (exact) mass is 263 g/mol. The predicted molar refractivity (Wildman–Crippen MR) is 76.3 cm³/mol. The normalized spacial score (nSPS) is 20.4. The molecule has 0 aromatic carbocycles. The minimum absolute atomic E-state index is 0.262. The van der Waals surface area contributed by atoms with E-state index in [1.165, 1.54) is 0 Å². The number of aromatic nitrogens is 1. The summed E-state index contributed by atoms with van der Waals surface area (Å²) in [5, 5.41) is 3.01. The molecule has 0 saturated carbocycles. The molecule has 2 heterocycles. The van der Waals surface area contributed by atoms with Crippen LogP contribution in [0, 0.1) is 0 Å². The van der Waals surface area contributed by atoms with Crippen LogP contribution in [0.3, 0.4) is 0 Å². The van der Waals surface area contributed by atoms with Gasteiger partial charge in [0.1, 0.15) is 5.82 Å². The molecule has 6 heteroatoms. The first-order valence-corrected chi connectivity index (χ1v) is 6.46. The van der Waals surface area contributed by atoms with Crippen LogP contribution in [0.1, 0.15) is 12.5 Å². The maximum Gasteiger partial charge on any atom is 0.188 e. The van der Waals surface area contributed by atoms with Crippen molar-refractivity contribution in [2.75, 3.05) is 31.6 Å². The molecule has 0 aliphatic carbocycles. The third-order valence-corrected chi connectivity index (χ3v) is 3.09. The van der Waals surface area contributed by atoms with Gasteiger partial charge in [0.05, 0.1) is 12.7 Å². The Labute approximate surface area is 113 Å². The van der Waals surface area contributed by atoms with Crippen LogP contribution in [0.4, 0.5) is 5.82 Å². The minimum Gasteiger partial charge on any atom is -0.375 e. The summed E-state index contributed by atoms with van der Waals surface area (Å²) in [5.74, 6) is 1.43. The molecule has 0 spiro atoms. The Morgan fingerprint density at radius 2 is 2.47 bits per heavy atom. The Balaban J connectivity index is 1.94. The summed E-state index contributed by atoms with van der Waals surface area (Å²) in [6.45, 7) is 5.26. The number of hydrogen-bond acceptors (Lipinski definition) is 4. The number of aliphatic imine (C=N–C) groups is 1. The number of nitrogens with one attached hydrogen (secondary N) is 1. The fraction of sp³-hybridized carbons (Fsp3) is 0.538. The van der Waals surface area contributed by atoms with Gasteiger partial charge in [-0.3, -0.25) is 4.99 Å². The van der Waals surface area contributed by atoms with E-state index >= 15 is 0 Å². The van der Waals surface area contributed by atoms with Crippen LogP contribution in [-0.4, -0.2) is 43.8 Å². The molecule has 104 valence electrons. The predicted octanol–water partition coefficient (Wildman–Crippen LogP) is 0.341. The van der Waals surface area contributed by atoms with Crippen LogP contribution >= 0.6 is 0 Å². The SMILES string of the molecule is CN=C(N)NCc1ccc(N2CCOC(C)C2)nc1. The van der Waals surface area contributed by atoms with E-state index in [1.54, 1.807) is 7.05 Å². The van der Waals surface area contributed by atoms with Gasteiger partial charge in [0.15, 0.2) is 5.96 Å². The van der Waals surface area contributed by atoms with Crippen molar-refractivity contribution in [1.29, 1.82) is 0 Å². The van der Waals surface area contributed by atoms with Gasteiger partial charge in [-0.2, -0.15) is 0 Å². The Kier molecular flexibility index (Phi) is 4.57. The summed E-state index contributed by atoms with van der Waals surface area (Å²) in [6, 6.07) is 4.09. The zero-order chi connectivity index (χ0) is 13.7. The van der Waals surface area contributed by atoms with E-state index in [4.69, 9.17) is 10.5 Å². The van der Waals surface area contributed by atoms with E-state index in [0.29, 0.717) is 12.5 Å². The van der Waals surface area contributed by atoms with E-state index in [-0.39, 0.29) is 6.10 Å². The molecule has 1 atom stereocenters. The molecule has 0 radical (unpaired) electrons. The number of rotatable bonds is 3. The Bertz CT molecular complexity index is 431. The second-order valence-electron chi connectivity index (χ2n) is 4.61. The Morgan fingerprint density at radius 3 is 3.11 bits per heavy atom. The molecule has 1 aliphatic rings. The molecule has 2 rings (SSSR count). The van der Waals surface area contributed by atoms with Gasteiger partial charge in [0, 0.05) is 32.9 Å². The molecule has 1 fully saturated rings. The van der Waals surface area contributed by atoms with Crippen LogP contribution in [0.2, 0.25) is 0 Å². The van der Waals surface area contributed by atoms with Crippen molar-refractivity contribution in [3.05, 3.63) is 23.9 Å². The second-order valence-corrected chi connectivity index (χ2v) is 4.61. The van der Waals surface area contributed by atoms with Gasteiger partial charge >= 0.3 is 0 Å². The topological polar surface area (TPSA) is 75.8 Å². The first-order valence-electron chi connectivity index (χ1n) is 6.46. The smallest absolute Gasteiger partial charge is 0.188 e. The van der Waals surface area contributed by atoms with Crippen LogP contribution in [0.5, 0.6) is 0 Å². The van der Waals surface area contributed by atoms with Gasteiger partial charge in [0.2, 0.25) is 0 Å². The number of guanidine groups is 1. The van der Waals surface area contributed by atoms with E-state index in [1.807, 2.05) is 12.3 Å². The standard InChI is InChI=1S/C13H21N5O/c1-10-9-18(5-6-19-10)12-4-3-11(7-16-12)8-17-13(14)15-2/h3-4,7,10H,5-6,8-9H2,1-2H3,(H3,14,15,17). The van der Waals surface area contributed by atoms with Crippen LogP contribution in [-0.2, 0) is 11.3 Å². The number of anilines is 1. The second kappa shape index (κ2) is 6.38. The zero-order valence-electron chi connectivity index (χ0n) is 11.5. The summed E-state index contributed by atoms with van der Waals surface area (Å²) in [5.41, 5.74) is 6.66. The van der Waals surface area contributed by atoms with Gasteiger partial charge in [0.25, 0.3) is 0 Å². The van der Waals surface area contributed by atoms with E-state index in [9.17, 15) is 0 Å². The molecule has 19 heavy (non-hydrogen) atoms. The highest BCUT2D eigenvalue weighted by molar-refractivity contribution is 5.77. The maximum atomic E-state index is 5.58. The Morgan fingerprint density at radius 1 is 1.63 bits per heavy atom. The lowest BCUT2D eigenvalue weighted by molar-refractivity contribution is 0.0529. The quantitative estimate of drug-likeness (QED) is 0.607. The Hall–Kier alpha value is -1.82. The molecule has 0 bridgehead atoms. The fourth-order valence-electron chi connectivity index (χ4n) is 2.01. The molecule has 1 aromatic rings. The summed E-state index contributed by atoms with van der Waals surface area (Å²) >= 11 is 0. The number of morpholine rings is 1. The highest BCUT2D eigenvalue weighted by Gasteiger charge is 2.17. The molecule has 6 nitrogen and oxygen atoms in total. The van der Waals surface area contributed by atoms with Gasteiger partial charge < -0.3 is 20.7 Å². The van der Waals surface area contributed by atoms with E-state index < -0.39 is 0 Å². The van der Waals surface area contributed by atoms with Crippen LogP contribution in [0.25, 0.3) is 0 Å². The lowest BCUT2D eigenvalue weighted by Gasteiger charge is -2.32. The van der Waals surface area contributed by atoms with Crippen molar-refractivity contribution in [2.45, 2.75) is 19.6 Å². The lowest BCUT2D eigenvalue weighted by Crippen LogP contribution is -2.41. The van der Waals surface area contributed by atoms with Crippen molar-refractivity contribution in [3.63, 3.8) is 0 Å². The number of nitrogens with zero attached hydrogens (tertiary/aromatic N) is 3. The van der Waals surface area contributed by atoms with Crippen molar-refractivity contribution < 1.29 is 4.74 Å². The average molecular weight is 263 g/mol. The van der Waals surface area contributed by atoms with Gasteiger partial charge in [-0.25, -0.2) is 4.98 Å². The number of nitrogens with two attached hydrogens (primary N) is 1. The number of hydrogen-bond donors (Lipinski definition) is 2. The van der Waals surface area contributed by atoms with Crippen molar-refractivity contribution in [3.8, 4) is 0 Å². The molecule has 1 saturated heterocycles. The van der Waals surface area contributed by atoms with E-state index in [2.05, 4.69) is 33.2 Å². The summed E-state index contributed by atoms with van der Waals surface area (Å²) in [4.78, 5) is 10.6. The fourth-order valence-corrected chi connectivity index (χ4v) is 2.01. The zero-order valence-corrected chi connectivity index (χ0v) is 11.5. The molecule has 1 aromatic heterocycles. The maximum absolute atomic E-state index is 5.58.